The summed E-state index contributed by atoms with van der Waals surface area (Å²) in [4.78, 5) is 14.0. The van der Waals surface area contributed by atoms with Gasteiger partial charge in [0.25, 0.3) is 0 Å². The van der Waals surface area contributed by atoms with Crippen LogP contribution in [0.1, 0.15) is 22.6 Å². The molecular weight excluding hydrogens is 278 g/mol. The first kappa shape index (κ1) is 14.4. The van der Waals surface area contributed by atoms with E-state index in [1.165, 1.54) is 0 Å². The lowest BCUT2D eigenvalue weighted by Gasteiger charge is -2.08. The first-order valence-electron chi connectivity index (χ1n) is 6.33. The van der Waals surface area contributed by atoms with Gasteiger partial charge < -0.3 is 10.4 Å². The Kier molecular flexibility index (Phi) is 5.77. The number of aliphatic hydroxyl groups excluding tert-OH is 1. The predicted octanol–water partition coefficient (Wildman–Crippen LogP) is 1.85. The summed E-state index contributed by atoms with van der Waals surface area (Å²) in [5, 5.41) is 11.6. The molecule has 5 heteroatoms. The van der Waals surface area contributed by atoms with Crippen LogP contribution in [-0.2, 0) is 11.3 Å². The zero-order valence-corrected chi connectivity index (χ0v) is 12.3. The highest BCUT2D eigenvalue weighted by Crippen LogP contribution is 2.23. The first-order valence-corrected chi connectivity index (χ1v) is 8.30. The molecule has 1 unspecified atom stereocenters. The number of carbonyl (C=O) groups excluding carboxylic acids is 1. The Morgan fingerprint density at radius 2 is 2.42 bits per heavy atom. The van der Waals surface area contributed by atoms with Crippen LogP contribution in [0.2, 0.25) is 0 Å². The summed E-state index contributed by atoms with van der Waals surface area (Å²) in [7, 11) is 0. The van der Waals surface area contributed by atoms with E-state index in [2.05, 4.69) is 17.2 Å². The van der Waals surface area contributed by atoms with Gasteiger partial charge in [0.15, 0.2) is 0 Å². The van der Waals surface area contributed by atoms with Gasteiger partial charge in [-0.2, -0.15) is 11.8 Å². The van der Waals surface area contributed by atoms with E-state index in [1.54, 1.807) is 11.3 Å². The Morgan fingerprint density at radius 1 is 1.53 bits per heavy atom. The predicted molar refractivity (Wildman–Crippen MR) is 80.2 cm³/mol. The van der Waals surface area contributed by atoms with Crippen LogP contribution in [0, 0.1) is 17.8 Å². The van der Waals surface area contributed by atoms with Crippen molar-refractivity contribution in [3.63, 3.8) is 0 Å². The van der Waals surface area contributed by atoms with E-state index in [0.29, 0.717) is 13.0 Å². The van der Waals surface area contributed by atoms with Crippen molar-refractivity contribution >= 4 is 29.0 Å². The molecule has 1 saturated heterocycles. The maximum absolute atomic E-state index is 11.9. The maximum atomic E-state index is 11.9. The van der Waals surface area contributed by atoms with Crippen LogP contribution in [0.4, 0.5) is 0 Å². The Hall–Kier alpha value is -0.960. The number of nitrogens with one attached hydrogen (secondary N) is 1. The molecule has 2 N–H and O–H groups in total. The summed E-state index contributed by atoms with van der Waals surface area (Å²) < 4.78 is 0. The monoisotopic (exact) mass is 295 g/mol. The smallest absolute Gasteiger partial charge is 0.224 e. The molecule has 1 aliphatic heterocycles. The van der Waals surface area contributed by atoms with Gasteiger partial charge >= 0.3 is 0 Å². The van der Waals surface area contributed by atoms with Gasteiger partial charge in [-0.3, -0.25) is 4.79 Å². The van der Waals surface area contributed by atoms with Gasteiger partial charge in [-0.05, 0) is 24.3 Å². The van der Waals surface area contributed by atoms with Crippen molar-refractivity contribution < 1.29 is 9.90 Å². The summed E-state index contributed by atoms with van der Waals surface area (Å²) >= 11 is 3.44. The standard InChI is InChI=1S/C14H17NO2S2/c16-7-2-1-3-12-4-5-13(19-12)9-15-14(17)11-6-8-18-10-11/h4-5,11,16H,2,6-10H2,(H,15,17). The molecule has 1 amide bonds. The molecule has 1 aliphatic rings. The van der Waals surface area contributed by atoms with Gasteiger partial charge in [0, 0.05) is 23.0 Å². The van der Waals surface area contributed by atoms with Crippen LogP contribution >= 0.6 is 23.1 Å². The molecule has 1 atom stereocenters. The lowest BCUT2D eigenvalue weighted by Crippen LogP contribution is -2.29. The van der Waals surface area contributed by atoms with Crippen LogP contribution in [0.5, 0.6) is 0 Å². The summed E-state index contributed by atoms with van der Waals surface area (Å²) in [6, 6.07) is 3.96. The van der Waals surface area contributed by atoms with E-state index >= 15 is 0 Å². The molecule has 2 rings (SSSR count). The topological polar surface area (TPSA) is 49.3 Å². The Balaban J connectivity index is 1.80. The zero-order chi connectivity index (χ0) is 13.5. The number of aliphatic hydroxyl groups is 1. The highest BCUT2D eigenvalue weighted by molar-refractivity contribution is 7.99. The largest absolute Gasteiger partial charge is 0.395 e. The van der Waals surface area contributed by atoms with Crippen LogP contribution in [0.3, 0.4) is 0 Å². The average molecular weight is 295 g/mol. The molecule has 0 aromatic carbocycles. The van der Waals surface area contributed by atoms with Crippen LogP contribution in [0.25, 0.3) is 0 Å². The number of thiophene rings is 1. The van der Waals surface area contributed by atoms with Crippen molar-refractivity contribution in [3.05, 3.63) is 21.9 Å². The first-order chi connectivity index (χ1) is 9.29. The summed E-state index contributed by atoms with van der Waals surface area (Å²) in [5.41, 5.74) is 0. The van der Waals surface area contributed by atoms with Crippen LogP contribution < -0.4 is 5.32 Å². The third-order valence-corrected chi connectivity index (χ3v) is 5.01. The second-order valence-electron chi connectivity index (χ2n) is 4.32. The molecular formula is C14H17NO2S2. The highest BCUT2D eigenvalue weighted by atomic mass is 32.2. The molecule has 0 aliphatic carbocycles. The molecule has 1 aromatic heterocycles. The molecule has 0 saturated carbocycles. The number of hydrogen-bond donors (Lipinski definition) is 2. The van der Waals surface area contributed by atoms with Crippen LogP contribution in [-0.4, -0.2) is 29.1 Å². The fourth-order valence-corrected chi connectivity index (χ4v) is 3.85. The van der Waals surface area contributed by atoms with Crippen molar-refractivity contribution in [3.8, 4) is 11.8 Å². The fraction of sp³-hybridized carbons (Fsp3) is 0.500. The Bertz CT molecular complexity index is 481. The Morgan fingerprint density at radius 3 is 3.16 bits per heavy atom. The molecule has 0 spiro atoms. The zero-order valence-electron chi connectivity index (χ0n) is 10.6. The number of amides is 1. The number of hydrogen-bond acceptors (Lipinski definition) is 4. The molecule has 0 bridgehead atoms. The van der Waals surface area contributed by atoms with Gasteiger partial charge in [0.05, 0.1) is 18.0 Å². The third-order valence-electron chi connectivity index (χ3n) is 2.85. The minimum atomic E-state index is 0.0979. The summed E-state index contributed by atoms with van der Waals surface area (Å²) in [6.07, 6.45) is 1.50. The minimum absolute atomic E-state index is 0.0979. The molecule has 19 heavy (non-hydrogen) atoms. The van der Waals surface area contributed by atoms with Gasteiger partial charge in [-0.25, -0.2) is 0 Å². The normalized spacial score (nSPS) is 17.8. The molecule has 0 radical (unpaired) electrons. The second kappa shape index (κ2) is 7.59. The molecule has 3 nitrogen and oxygen atoms in total. The van der Waals surface area contributed by atoms with Crippen molar-refractivity contribution in [1.29, 1.82) is 0 Å². The fourth-order valence-electron chi connectivity index (χ4n) is 1.81. The van der Waals surface area contributed by atoms with Crippen molar-refractivity contribution in [2.75, 3.05) is 18.1 Å². The summed E-state index contributed by atoms with van der Waals surface area (Å²) in [6.45, 7) is 0.688. The molecule has 2 heterocycles. The van der Waals surface area contributed by atoms with Gasteiger partial charge in [-0.1, -0.05) is 11.8 Å². The SMILES string of the molecule is O=C(NCc1ccc(C#CCCO)s1)C1CCSC1. The maximum Gasteiger partial charge on any atom is 0.224 e. The Labute approximate surface area is 121 Å². The summed E-state index contributed by atoms with van der Waals surface area (Å²) in [5.74, 6) is 8.31. The highest BCUT2D eigenvalue weighted by Gasteiger charge is 2.22. The van der Waals surface area contributed by atoms with E-state index < -0.39 is 0 Å². The van der Waals surface area contributed by atoms with Crippen molar-refractivity contribution in [2.45, 2.75) is 19.4 Å². The van der Waals surface area contributed by atoms with E-state index in [4.69, 9.17) is 5.11 Å². The number of rotatable bonds is 4. The lowest BCUT2D eigenvalue weighted by molar-refractivity contribution is -0.124. The molecule has 1 aromatic rings. The number of thioether (sulfide) groups is 1. The van der Waals surface area contributed by atoms with Crippen molar-refractivity contribution in [1.82, 2.24) is 5.32 Å². The average Bonchev–Trinajstić information content (AvgIpc) is 3.08. The van der Waals surface area contributed by atoms with Gasteiger partial charge in [0.2, 0.25) is 5.91 Å². The van der Waals surface area contributed by atoms with E-state index in [1.807, 2.05) is 23.9 Å². The van der Waals surface area contributed by atoms with Crippen LogP contribution in [0.15, 0.2) is 12.1 Å². The lowest BCUT2D eigenvalue weighted by atomic mass is 10.1. The quantitative estimate of drug-likeness (QED) is 0.834. The molecule has 102 valence electrons. The van der Waals surface area contributed by atoms with Gasteiger partial charge in [-0.15, -0.1) is 11.3 Å². The third kappa shape index (κ3) is 4.57. The van der Waals surface area contributed by atoms with E-state index in [0.717, 1.165) is 27.7 Å². The van der Waals surface area contributed by atoms with E-state index in [9.17, 15) is 4.79 Å². The number of carbonyl (C=O) groups is 1. The van der Waals surface area contributed by atoms with E-state index in [-0.39, 0.29) is 18.4 Å². The van der Waals surface area contributed by atoms with Crippen molar-refractivity contribution in [2.24, 2.45) is 5.92 Å². The second-order valence-corrected chi connectivity index (χ2v) is 6.64. The molecule has 1 fully saturated rings. The minimum Gasteiger partial charge on any atom is -0.395 e. The van der Waals surface area contributed by atoms with Gasteiger partial charge in [0.1, 0.15) is 0 Å².